The minimum Gasteiger partial charge on any atom is -0.508 e. The van der Waals surface area contributed by atoms with Crippen LogP contribution in [0.4, 0.5) is 0 Å². The number of rotatable bonds is 4. The molecule has 0 aliphatic carbocycles. The summed E-state index contributed by atoms with van der Waals surface area (Å²) in [5, 5.41) is 20.8. The number of aromatic hydroxyl groups is 2. The van der Waals surface area contributed by atoms with Crippen LogP contribution in [0.3, 0.4) is 0 Å². The highest BCUT2D eigenvalue weighted by atomic mass is 16.5. The van der Waals surface area contributed by atoms with Crippen LogP contribution >= 0.6 is 0 Å². The summed E-state index contributed by atoms with van der Waals surface area (Å²) in [5.41, 5.74) is 6.14. The zero-order valence-corrected chi connectivity index (χ0v) is 17.5. The minimum absolute atomic E-state index is 0.0789. The highest BCUT2D eigenvalue weighted by molar-refractivity contribution is 5.59. The Hall–Kier alpha value is -2.88. The topological polar surface area (TPSA) is 58.9 Å². The van der Waals surface area contributed by atoms with E-state index in [-0.39, 0.29) is 17.8 Å². The fourth-order valence-electron chi connectivity index (χ4n) is 4.09. The van der Waals surface area contributed by atoms with Crippen molar-refractivity contribution in [3.05, 3.63) is 69.8 Å². The van der Waals surface area contributed by atoms with E-state index in [0.717, 1.165) is 28.0 Å². The van der Waals surface area contributed by atoms with Crippen LogP contribution in [-0.4, -0.2) is 16.8 Å². The summed E-state index contributed by atoms with van der Waals surface area (Å²) >= 11 is 0. The molecule has 0 bridgehead atoms. The van der Waals surface area contributed by atoms with Gasteiger partial charge in [-0.2, -0.15) is 0 Å². The van der Waals surface area contributed by atoms with Crippen molar-refractivity contribution in [2.24, 2.45) is 0 Å². The Balaban J connectivity index is 1.82. The Morgan fingerprint density at radius 2 is 1.72 bits per heavy atom. The van der Waals surface area contributed by atoms with Crippen molar-refractivity contribution in [1.29, 1.82) is 0 Å². The maximum Gasteiger partial charge on any atom is 0.138 e. The molecule has 29 heavy (non-hydrogen) atoms. The van der Waals surface area contributed by atoms with Crippen LogP contribution in [0.15, 0.2) is 47.6 Å². The maximum atomic E-state index is 11.0. The standard InChI is InChI=1S/C25H28O4/c1-14(2)5-7-16-11-20-24(19(23(16)27)9-6-15(3)4)28-13-21-18-10-8-17(26)12-22(18)29-25(20)21/h5-6,8,10-12,21,25-27H,7,9,13H2,1-4H3/t21-,25-/m1/s1. The van der Waals surface area contributed by atoms with E-state index in [2.05, 4.69) is 39.8 Å². The summed E-state index contributed by atoms with van der Waals surface area (Å²) in [7, 11) is 0. The quantitative estimate of drug-likeness (QED) is 0.653. The van der Waals surface area contributed by atoms with Crippen LogP contribution in [0.1, 0.15) is 62.0 Å². The summed E-state index contributed by atoms with van der Waals surface area (Å²) in [4.78, 5) is 0. The molecule has 152 valence electrons. The summed E-state index contributed by atoms with van der Waals surface area (Å²) in [5.74, 6) is 2.03. The summed E-state index contributed by atoms with van der Waals surface area (Å²) in [6, 6.07) is 7.30. The van der Waals surface area contributed by atoms with Gasteiger partial charge in [-0.1, -0.05) is 29.4 Å². The smallest absolute Gasteiger partial charge is 0.138 e. The van der Waals surface area contributed by atoms with E-state index in [1.807, 2.05) is 12.1 Å². The van der Waals surface area contributed by atoms with E-state index >= 15 is 0 Å². The fourth-order valence-corrected chi connectivity index (χ4v) is 4.09. The summed E-state index contributed by atoms with van der Waals surface area (Å²) in [6.07, 6.45) is 5.33. The third-order valence-corrected chi connectivity index (χ3v) is 5.63. The molecule has 2 aliphatic rings. The Morgan fingerprint density at radius 1 is 1.00 bits per heavy atom. The molecule has 2 atom stereocenters. The number of phenols is 2. The Kier molecular flexibility index (Phi) is 5.03. The van der Waals surface area contributed by atoms with Crippen LogP contribution in [0, 0.1) is 0 Å². The van der Waals surface area contributed by atoms with Gasteiger partial charge in [0, 0.05) is 22.8 Å². The summed E-state index contributed by atoms with van der Waals surface area (Å²) < 4.78 is 12.5. The van der Waals surface area contributed by atoms with Gasteiger partial charge in [-0.15, -0.1) is 0 Å². The van der Waals surface area contributed by atoms with Crippen LogP contribution in [-0.2, 0) is 12.8 Å². The molecule has 0 amide bonds. The lowest BCUT2D eigenvalue weighted by Crippen LogP contribution is -2.24. The van der Waals surface area contributed by atoms with Crippen molar-refractivity contribution >= 4 is 0 Å². The van der Waals surface area contributed by atoms with E-state index < -0.39 is 0 Å². The van der Waals surface area contributed by atoms with Gasteiger partial charge in [0.25, 0.3) is 0 Å². The lowest BCUT2D eigenvalue weighted by molar-refractivity contribution is 0.138. The molecule has 0 saturated carbocycles. The lowest BCUT2D eigenvalue weighted by Gasteiger charge is -2.30. The normalized spacial score (nSPS) is 18.6. The molecule has 2 heterocycles. The molecule has 4 rings (SSSR count). The number of benzene rings is 2. The first-order valence-electron chi connectivity index (χ1n) is 10.1. The number of ether oxygens (including phenoxy) is 2. The molecule has 4 nitrogen and oxygen atoms in total. The van der Waals surface area contributed by atoms with Crippen molar-refractivity contribution in [2.45, 2.75) is 52.6 Å². The lowest BCUT2D eigenvalue weighted by atomic mass is 9.86. The van der Waals surface area contributed by atoms with Gasteiger partial charge in [-0.05, 0) is 58.2 Å². The van der Waals surface area contributed by atoms with E-state index in [1.54, 1.807) is 12.1 Å². The number of fused-ring (bicyclic) bond motifs is 5. The van der Waals surface area contributed by atoms with Gasteiger partial charge in [0.15, 0.2) is 0 Å². The van der Waals surface area contributed by atoms with Gasteiger partial charge in [-0.25, -0.2) is 0 Å². The van der Waals surface area contributed by atoms with Crippen LogP contribution in [0.5, 0.6) is 23.0 Å². The number of phenolic OH excluding ortho intramolecular Hbond substituents is 2. The van der Waals surface area contributed by atoms with E-state index in [0.29, 0.717) is 30.9 Å². The van der Waals surface area contributed by atoms with Gasteiger partial charge < -0.3 is 19.7 Å². The molecule has 2 aliphatic heterocycles. The van der Waals surface area contributed by atoms with Crippen molar-refractivity contribution in [1.82, 2.24) is 0 Å². The monoisotopic (exact) mass is 392 g/mol. The molecular formula is C25H28O4. The van der Waals surface area contributed by atoms with Crippen LogP contribution in [0.25, 0.3) is 0 Å². The largest absolute Gasteiger partial charge is 0.508 e. The van der Waals surface area contributed by atoms with Crippen LogP contribution in [0.2, 0.25) is 0 Å². The van der Waals surface area contributed by atoms with E-state index in [4.69, 9.17) is 9.47 Å². The molecule has 4 heteroatoms. The second kappa shape index (κ2) is 7.51. The minimum atomic E-state index is -0.174. The third kappa shape index (κ3) is 3.59. The van der Waals surface area contributed by atoms with Crippen molar-refractivity contribution in [3.63, 3.8) is 0 Å². The molecule has 2 aromatic carbocycles. The SMILES string of the molecule is CC(C)=CCc1cc2c(c(CC=C(C)C)c1O)OC[C@@H]1c3ccc(O)cc3O[C@H]21. The first-order chi connectivity index (χ1) is 13.8. The van der Waals surface area contributed by atoms with Crippen molar-refractivity contribution in [3.8, 4) is 23.0 Å². The average molecular weight is 392 g/mol. The molecule has 0 saturated heterocycles. The van der Waals surface area contributed by atoms with E-state index in [9.17, 15) is 10.2 Å². The first kappa shape index (κ1) is 19.4. The second-order valence-corrected chi connectivity index (χ2v) is 8.43. The molecule has 0 spiro atoms. The molecule has 0 aromatic heterocycles. The first-order valence-corrected chi connectivity index (χ1v) is 10.1. The van der Waals surface area contributed by atoms with E-state index in [1.165, 1.54) is 11.1 Å². The molecular weight excluding hydrogens is 364 g/mol. The van der Waals surface area contributed by atoms with Crippen LogP contribution < -0.4 is 9.47 Å². The number of hydrogen-bond acceptors (Lipinski definition) is 4. The van der Waals surface area contributed by atoms with Gasteiger partial charge in [0.05, 0.1) is 12.5 Å². The van der Waals surface area contributed by atoms with Gasteiger partial charge in [0.2, 0.25) is 0 Å². The zero-order valence-electron chi connectivity index (χ0n) is 17.5. The molecule has 2 N–H and O–H groups in total. The Bertz CT molecular complexity index is 1010. The van der Waals surface area contributed by atoms with Gasteiger partial charge in [0.1, 0.15) is 29.1 Å². The maximum absolute atomic E-state index is 11.0. The predicted molar refractivity (Wildman–Crippen MR) is 114 cm³/mol. The molecule has 2 aromatic rings. The molecule has 0 fully saturated rings. The number of hydrogen-bond donors (Lipinski definition) is 2. The molecule has 0 unspecified atom stereocenters. The second-order valence-electron chi connectivity index (χ2n) is 8.43. The van der Waals surface area contributed by atoms with Crippen molar-refractivity contribution < 1.29 is 19.7 Å². The highest BCUT2D eigenvalue weighted by Crippen LogP contribution is 2.54. The predicted octanol–water partition coefficient (Wildman–Crippen LogP) is 5.72. The molecule has 0 radical (unpaired) electrons. The van der Waals surface area contributed by atoms with Gasteiger partial charge >= 0.3 is 0 Å². The average Bonchev–Trinajstić information content (AvgIpc) is 3.03. The van der Waals surface area contributed by atoms with Gasteiger partial charge in [-0.3, -0.25) is 0 Å². The Labute approximate surface area is 172 Å². The summed E-state index contributed by atoms with van der Waals surface area (Å²) in [6.45, 7) is 8.71. The van der Waals surface area contributed by atoms with Crippen molar-refractivity contribution in [2.75, 3.05) is 6.61 Å². The zero-order chi connectivity index (χ0) is 20.7. The highest BCUT2D eigenvalue weighted by Gasteiger charge is 2.42. The fraction of sp³-hybridized carbons (Fsp3) is 0.360. The Morgan fingerprint density at radius 3 is 2.45 bits per heavy atom. The number of allylic oxidation sites excluding steroid dienone is 4. The third-order valence-electron chi connectivity index (χ3n) is 5.63.